The van der Waals surface area contributed by atoms with E-state index in [1.165, 1.54) is 5.56 Å². The Labute approximate surface area is 167 Å². The van der Waals surface area contributed by atoms with E-state index in [1.54, 1.807) is 23.1 Å². The molecular formula is C21H21N3O5. The van der Waals surface area contributed by atoms with Crippen LogP contribution in [0.5, 0.6) is 11.5 Å². The lowest BCUT2D eigenvalue weighted by atomic mass is 10.1. The van der Waals surface area contributed by atoms with Crippen molar-refractivity contribution in [3.63, 3.8) is 0 Å². The van der Waals surface area contributed by atoms with Gasteiger partial charge < -0.3 is 14.4 Å². The van der Waals surface area contributed by atoms with Crippen LogP contribution >= 0.6 is 0 Å². The summed E-state index contributed by atoms with van der Waals surface area (Å²) in [4.78, 5) is 38.7. The van der Waals surface area contributed by atoms with Gasteiger partial charge in [-0.15, -0.1) is 0 Å². The minimum Gasteiger partial charge on any atom is -0.454 e. The molecule has 0 aromatic heterocycles. The summed E-state index contributed by atoms with van der Waals surface area (Å²) >= 11 is 0. The van der Waals surface area contributed by atoms with Crippen molar-refractivity contribution in [2.24, 2.45) is 5.92 Å². The molecule has 2 heterocycles. The maximum atomic E-state index is 12.4. The van der Waals surface area contributed by atoms with E-state index < -0.39 is 17.7 Å². The van der Waals surface area contributed by atoms with Crippen molar-refractivity contribution in [1.82, 2.24) is 10.9 Å². The number of carbonyl (C=O) groups is 3. The highest BCUT2D eigenvalue weighted by atomic mass is 16.7. The predicted octanol–water partition coefficient (Wildman–Crippen LogP) is 1.79. The van der Waals surface area contributed by atoms with Gasteiger partial charge in [-0.25, -0.2) is 0 Å². The first kappa shape index (κ1) is 18.8. The third kappa shape index (κ3) is 3.87. The van der Waals surface area contributed by atoms with Gasteiger partial charge in [-0.05, 0) is 42.3 Å². The van der Waals surface area contributed by atoms with Crippen molar-refractivity contribution in [1.29, 1.82) is 0 Å². The molecule has 1 atom stereocenters. The minimum atomic E-state index is -0.537. The lowest BCUT2D eigenvalue weighted by Crippen LogP contribution is -2.45. The number of hydrazine groups is 1. The second kappa shape index (κ2) is 7.83. The Kier molecular flexibility index (Phi) is 5.07. The Morgan fingerprint density at radius 2 is 1.83 bits per heavy atom. The topological polar surface area (TPSA) is 97.0 Å². The predicted molar refractivity (Wildman–Crippen MR) is 104 cm³/mol. The van der Waals surface area contributed by atoms with Gasteiger partial charge in [0.05, 0.1) is 5.92 Å². The fourth-order valence-corrected chi connectivity index (χ4v) is 3.37. The van der Waals surface area contributed by atoms with Crippen LogP contribution in [-0.2, 0) is 16.0 Å². The Bertz CT molecular complexity index is 957. The first-order valence-corrected chi connectivity index (χ1v) is 9.44. The van der Waals surface area contributed by atoms with E-state index in [9.17, 15) is 14.4 Å². The van der Waals surface area contributed by atoms with Crippen LogP contribution in [0.1, 0.15) is 29.3 Å². The van der Waals surface area contributed by atoms with Crippen molar-refractivity contribution in [3.05, 3.63) is 53.6 Å². The Morgan fingerprint density at radius 3 is 2.59 bits per heavy atom. The second-order valence-electron chi connectivity index (χ2n) is 6.94. The highest BCUT2D eigenvalue weighted by Gasteiger charge is 2.35. The number of rotatable bonds is 4. The van der Waals surface area contributed by atoms with E-state index in [4.69, 9.17) is 9.47 Å². The van der Waals surface area contributed by atoms with Gasteiger partial charge in [0.2, 0.25) is 18.6 Å². The van der Waals surface area contributed by atoms with Gasteiger partial charge in [0.15, 0.2) is 11.5 Å². The summed E-state index contributed by atoms with van der Waals surface area (Å²) in [7, 11) is 0. The minimum absolute atomic E-state index is 0.0985. The maximum absolute atomic E-state index is 12.4. The number of fused-ring (bicyclic) bond motifs is 1. The monoisotopic (exact) mass is 395 g/mol. The van der Waals surface area contributed by atoms with E-state index in [1.807, 2.05) is 24.3 Å². The molecule has 1 fully saturated rings. The number of nitrogens with zero attached hydrogens (tertiary/aromatic N) is 1. The van der Waals surface area contributed by atoms with Crippen molar-refractivity contribution in [3.8, 4) is 11.5 Å². The van der Waals surface area contributed by atoms with Crippen molar-refractivity contribution in [2.75, 3.05) is 18.2 Å². The van der Waals surface area contributed by atoms with Crippen LogP contribution < -0.4 is 25.2 Å². The standard InChI is InChI=1S/C21H21N3O5/c1-2-13-3-6-16(7-4-13)24-11-15(10-19(24)25)21(27)23-22-20(26)14-5-8-17-18(9-14)29-12-28-17/h3-9,15H,2,10-12H2,1H3,(H,22,26)(H,23,27)/t15-/m1/s1. The van der Waals surface area contributed by atoms with E-state index in [-0.39, 0.29) is 25.7 Å². The molecule has 1 saturated heterocycles. The molecule has 150 valence electrons. The number of carbonyl (C=O) groups excluding carboxylic acids is 3. The van der Waals surface area contributed by atoms with Crippen LogP contribution in [0.3, 0.4) is 0 Å². The van der Waals surface area contributed by atoms with Gasteiger partial charge in [0.1, 0.15) is 0 Å². The van der Waals surface area contributed by atoms with Crippen LogP contribution in [0.15, 0.2) is 42.5 Å². The molecule has 0 spiro atoms. The number of hydrogen-bond acceptors (Lipinski definition) is 5. The summed E-state index contributed by atoms with van der Waals surface area (Å²) in [5, 5.41) is 0. The summed E-state index contributed by atoms with van der Waals surface area (Å²) < 4.78 is 10.5. The fraction of sp³-hybridized carbons (Fsp3) is 0.286. The fourth-order valence-electron chi connectivity index (χ4n) is 3.37. The highest BCUT2D eigenvalue weighted by molar-refractivity contribution is 6.01. The number of aryl methyl sites for hydroxylation is 1. The number of ether oxygens (including phenoxy) is 2. The maximum Gasteiger partial charge on any atom is 0.269 e. The molecule has 2 aromatic carbocycles. The molecule has 2 aliphatic heterocycles. The van der Waals surface area contributed by atoms with Crippen molar-refractivity contribution < 1.29 is 23.9 Å². The average Bonchev–Trinajstić information content (AvgIpc) is 3.37. The first-order valence-electron chi connectivity index (χ1n) is 9.44. The van der Waals surface area contributed by atoms with Crippen LogP contribution in [-0.4, -0.2) is 31.1 Å². The molecule has 4 rings (SSSR count). The van der Waals surface area contributed by atoms with Gasteiger partial charge in [-0.2, -0.15) is 0 Å². The molecule has 0 radical (unpaired) electrons. The summed E-state index contributed by atoms with van der Waals surface area (Å²) in [6.07, 6.45) is 1.02. The third-order valence-electron chi connectivity index (χ3n) is 5.09. The van der Waals surface area contributed by atoms with Gasteiger partial charge in [0, 0.05) is 24.2 Å². The summed E-state index contributed by atoms with van der Waals surface area (Å²) in [6.45, 7) is 2.45. The molecule has 0 aliphatic carbocycles. The Morgan fingerprint density at radius 1 is 1.07 bits per heavy atom. The van der Waals surface area contributed by atoms with Gasteiger partial charge >= 0.3 is 0 Å². The summed E-state index contributed by atoms with van der Waals surface area (Å²) in [5.41, 5.74) is 7.08. The largest absolute Gasteiger partial charge is 0.454 e. The molecule has 2 N–H and O–H groups in total. The lowest BCUT2D eigenvalue weighted by molar-refractivity contribution is -0.126. The number of hydrogen-bond donors (Lipinski definition) is 2. The van der Waals surface area contributed by atoms with Crippen molar-refractivity contribution >= 4 is 23.4 Å². The normalized spacial score (nSPS) is 17.3. The average molecular weight is 395 g/mol. The number of amides is 3. The highest BCUT2D eigenvalue weighted by Crippen LogP contribution is 2.32. The zero-order valence-electron chi connectivity index (χ0n) is 15.9. The van der Waals surface area contributed by atoms with Gasteiger partial charge in [0.25, 0.3) is 5.91 Å². The third-order valence-corrected chi connectivity index (χ3v) is 5.09. The van der Waals surface area contributed by atoms with E-state index in [0.717, 1.165) is 12.1 Å². The van der Waals surface area contributed by atoms with Gasteiger partial charge in [-0.3, -0.25) is 25.2 Å². The molecule has 0 unspecified atom stereocenters. The van der Waals surface area contributed by atoms with Crippen molar-refractivity contribution in [2.45, 2.75) is 19.8 Å². The van der Waals surface area contributed by atoms with Crippen LogP contribution in [0.4, 0.5) is 5.69 Å². The second-order valence-corrected chi connectivity index (χ2v) is 6.94. The first-order chi connectivity index (χ1) is 14.0. The molecule has 8 nitrogen and oxygen atoms in total. The van der Waals surface area contributed by atoms with Crippen LogP contribution in [0.2, 0.25) is 0 Å². The zero-order chi connectivity index (χ0) is 20.4. The SMILES string of the molecule is CCc1ccc(N2C[C@H](C(=O)NNC(=O)c3ccc4c(c3)OCO4)CC2=O)cc1. The summed E-state index contributed by atoms with van der Waals surface area (Å²) in [5.74, 6) is -0.479. The molecule has 0 bridgehead atoms. The Hall–Kier alpha value is -3.55. The zero-order valence-corrected chi connectivity index (χ0v) is 15.9. The van der Waals surface area contributed by atoms with E-state index >= 15 is 0 Å². The number of anilines is 1. The van der Waals surface area contributed by atoms with Gasteiger partial charge in [-0.1, -0.05) is 19.1 Å². The van der Waals surface area contributed by atoms with Crippen LogP contribution in [0, 0.1) is 5.92 Å². The lowest BCUT2D eigenvalue weighted by Gasteiger charge is -2.17. The quantitative estimate of drug-likeness (QED) is 0.770. The van der Waals surface area contributed by atoms with Crippen LogP contribution in [0.25, 0.3) is 0 Å². The molecular weight excluding hydrogens is 374 g/mol. The smallest absolute Gasteiger partial charge is 0.269 e. The van der Waals surface area contributed by atoms with E-state index in [2.05, 4.69) is 17.8 Å². The summed E-state index contributed by atoms with van der Waals surface area (Å²) in [6, 6.07) is 12.5. The number of benzene rings is 2. The van der Waals surface area contributed by atoms with E-state index in [0.29, 0.717) is 17.1 Å². The Balaban J connectivity index is 1.34. The molecule has 3 amide bonds. The molecule has 2 aliphatic rings. The molecule has 0 saturated carbocycles. The molecule has 8 heteroatoms. The molecule has 2 aromatic rings. The number of nitrogens with one attached hydrogen (secondary N) is 2. The molecule has 29 heavy (non-hydrogen) atoms.